The molecule has 0 aliphatic heterocycles. The molecule has 480 valence electrons. The lowest BCUT2D eigenvalue weighted by Gasteiger charge is -2.21. The summed E-state index contributed by atoms with van der Waals surface area (Å²) in [6.45, 7) is 7.11. The van der Waals surface area contributed by atoms with Crippen LogP contribution in [0.3, 0.4) is 0 Å². The number of carbonyl (C=O) groups is 4. The second-order valence-electron chi connectivity index (χ2n) is 22.7. The third-order valence-corrected chi connectivity index (χ3v) is 16.5. The van der Waals surface area contributed by atoms with Gasteiger partial charge >= 0.3 is 39.5 Å². The van der Waals surface area contributed by atoms with Crippen molar-refractivity contribution in [2.24, 2.45) is 5.92 Å². The van der Waals surface area contributed by atoms with E-state index >= 15 is 0 Å². The highest BCUT2D eigenvalue weighted by molar-refractivity contribution is 7.47. The van der Waals surface area contributed by atoms with E-state index in [1.807, 2.05) is 0 Å². The second-order valence-corrected chi connectivity index (χ2v) is 25.6. The minimum absolute atomic E-state index is 0.106. The first-order valence-electron chi connectivity index (χ1n) is 32.7. The van der Waals surface area contributed by atoms with E-state index in [0.717, 1.165) is 102 Å². The zero-order chi connectivity index (χ0) is 59.9. The van der Waals surface area contributed by atoms with Gasteiger partial charge in [-0.05, 0) is 31.6 Å². The molecule has 19 heteroatoms. The Hall–Kier alpha value is -1.94. The molecule has 0 saturated heterocycles. The van der Waals surface area contributed by atoms with Gasteiger partial charge in [-0.25, -0.2) is 9.13 Å². The van der Waals surface area contributed by atoms with Crippen LogP contribution in [0.25, 0.3) is 0 Å². The summed E-state index contributed by atoms with van der Waals surface area (Å²) in [6.07, 6.45) is 39.1. The summed E-state index contributed by atoms with van der Waals surface area (Å²) >= 11 is 0. The van der Waals surface area contributed by atoms with Crippen molar-refractivity contribution in [1.29, 1.82) is 0 Å². The minimum atomic E-state index is -4.94. The fourth-order valence-electron chi connectivity index (χ4n) is 9.20. The Balaban J connectivity index is 5.18. The van der Waals surface area contributed by atoms with Crippen LogP contribution in [0.2, 0.25) is 0 Å². The molecule has 0 aliphatic rings. The van der Waals surface area contributed by atoms with E-state index in [4.69, 9.17) is 37.0 Å². The molecule has 0 fully saturated rings. The van der Waals surface area contributed by atoms with Crippen LogP contribution in [-0.4, -0.2) is 96.7 Å². The molecule has 0 radical (unpaired) electrons. The van der Waals surface area contributed by atoms with Crippen molar-refractivity contribution >= 4 is 39.5 Å². The van der Waals surface area contributed by atoms with E-state index in [0.29, 0.717) is 25.7 Å². The Morgan fingerprint density at radius 2 is 0.593 bits per heavy atom. The van der Waals surface area contributed by atoms with E-state index < -0.39 is 97.5 Å². The third kappa shape index (κ3) is 55.7. The number of unbranched alkanes of at least 4 members (excludes halogenated alkanes) is 33. The largest absolute Gasteiger partial charge is 0.472 e. The van der Waals surface area contributed by atoms with Crippen molar-refractivity contribution in [3.8, 4) is 0 Å². The van der Waals surface area contributed by atoms with Crippen molar-refractivity contribution in [1.82, 2.24) is 0 Å². The van der Waals surface area contributed by atoms with Crippen LogP contribution in [0.5, 0.6) is 0 Å². The molecule has 0 bridgehead atoms. The highest BCUT2D eigenvalue weighted by Gasteiger charge is 2.30. The van der Waals surface area contributed by atoms with Gasteiger partial charge in [0.05, 0.1) is 26.4 Å². The summed E-state index contributed by atoms with van der Waals surface area (Å²) < 4.78 is 67.7. The van der Waals surface area contributed by atoms with Crippen LogP contribution in [0, 0.1) is 5.92 Å². The Bertz CT molecular complexity index is 1590. The number of phosphoric ester groups is 2. The summed E-state index contributed by atoms with van der Waals surface area (Å²) in [4.78, 5) is 71.9. The standard InChI is InChI=1S/C62H120O17P2/c1-6-10-13-16-18-20-22-27-31-36-41-46-60(65)73-52-58(79-62(67)48-43-38-33-29-25-24-26-30-35-39-44-55(5)9-4)54-77-81(70,71)75-50-56(63)49-74-80(68,69)76-53-57(51-72-59(64)45-40-34-15-12-8-3)78-61(66)47-42-37-32-28-23-21-19-17-14-11-7-2/h55-58,63H,6-54H2,1-5H3,(H,68,69)(H,70,71)/t55?,56-,57+,58+/m0/s1. The number of aliphatic hydroxyl groups excluding tert-OH is 1. The van der Waals surface area contributed by atoms with Gasteiger partial charge in [-0.1, -0.05) is 259 Å². The van der Waals surface area contributed by atoms with Gasteiger partial charge in [0, 0.05) is 25.7 Å². The molecule has 0 heterocycles. The molecule has 0 amide bonds. The highest BCUT2D eigenvalue weighted by atomic mass is 31.2. The van der Waals surface area contributed by atoms with Crippen LogP contribution in [-0.2, 0) is 65.4 Å². The van der Waals surface area contributed by atoms with Gasteiger partial charge in [0.1, 0.15) is 19.3 Å². The Labute approximate surface area is 492 Å². The maximum absolute atomic E-state index is 12.9. The Morgan fingerprint density at radius 3 is 0.877 bits per heavy atom. The SMILES string of the molecule is CCCCCCCCCCCCCC(=O)OC[C@H](COP(=O)(O)OC[C@@H](O)COP(=O)(O)OC[C@@H](COC(=O)CCCCCCC)OC(=O)CCCCCCCCCCCCC)OC(=O)CCCCCCCCCCCCC(C)CC. The molecular formula is C62H120O17P2. The minimum Gasteiger partial charge on any atom is -0.462 e. The monoisotopic (exact) mass is 1200 g/mol. The predicted molar refractivity (Wildman–Crippen MR) is 322 cm³/mol. The number of rotatable bonds is 62. The summed E-state index contributed by atoms with van der Waals surface area (Å²) in [5.74, 6) is -1.34. The zero-order valence-electron chi connectivity index (χ0n) is 51.9. The molecule has 3 unspecified atom stereocenters. The van der Waals surface area contributed by atoms with Crippen LogP contribution >= 0.6 is 15.6 Å². The number of carbonyl (C=O) groups excluding carboxylic acids is 4. The van der Waals surface area contributed by atoms with Gasteiger partial charge in [0.25, 0.3) is 0 Å². The normalized spacial score (nSPS) is 14.6. The zero-order valence-corrected chi connectivity index (χ0v) is 53.7. The topological polar surface area (TPSA) is 237 Å². The Kier molecular flexibility index (Phi) is 54.6. The van der Waals surface area contributed by atoms with Crippen molar-refractivity contribution in [2.75, 3.05) is 39.6 Å². The summed E-state index contributed by atoms with van der Waals surface area (Å²) in [7, 11) is -9.87. The molecule has 0 aromatic heterocycles. The average molecular weight is 1200 g/mol. The number of esters is 4. The van der Waals surface area contributed by atoms with Crippen molar-refractivity contribution < 1.29 is 80.2 Å². The van der Waals surface area contributed by atoms with Crippen LogP contribution in [0.15, 0.2) is 0 Å². The van der Waals surface area contributed by atoms with E-state index in [1.54, 1.807) is 0 Å². The molecule has 0 saturated carbocycles. The van der Waals surface area contributed by atoms with E-state index in [1.165, 1.54) is 128 Å². The highest BCUT2D eigenvalue weighted by Crippen LogP contribution is 2.45. The lowest BCUT2D eigenvalue weighted by Crippen LogP contribution is -2.30. The molecule has 3 N–H and O–H groups in total. The van der Waals surface area contributed by atoms with Crippen molar-refractivity contribution in [3.05, 3.63) is 0 Å². The summed E-state index contributed by atoms with van der Waals surface area (Å²) in [5.41, 5.74) is 0. The molecule has 17 nitrogen and oxygen atoms in total. The van der Waals surface area contributed by atoms with E-state index in [9.17, 15) is 43.2 Å². The number of hydrogen-bond donors (Lipinski definition) is 3. The molecule has 0 rings (SSSR count). The summed E-state index contributed by atoms with van der Waals surface area (Å²) in [6, 6.07) is 0. The molecule has 6 atom stereocenters. The van der Waals surface area contributed by atoms with Gasteiger partial charge in [-0.15, -0.1) is 0 Å². The van der Waals surface area contributed by atoms with Gasteiger partial charge < -0.3 is 33.8 Å². The fraction of sp³-hybridized carbons (Fsp3) is 0.935. The van der Waals surface area contributed by atoms with Gasteiger partial charge in [0.15, 0.2) is 12.2 Å². The molecule has 0 aliphatic carbocycles. The van der Waals surface area contributed by atoms with Crippen LogP contribution < -0.4 is 0 Å². The van der Waals surface area contributed by atoms with E-state index in [2.05, 4.69) is 34.6 Å². The van der Waals surface area contributed by atoms with Crippen molar-refractivity contribution in [3.63, 3.8) is 0 Å². The second kappa shape index (κ2) is 55.9. The van der Waals surface area contributed by atoms with Crippen LogP contribution in [0.4, 0.5) is 0 Å². The van der Waals surface area contributed by atoms with E-state index in [-0.39, 0.29) is 25.7 Å². The third-order valence-electron chi connectivity index (χ3n) is 14.6. The molecule has 0 spiro atoms. The first kappa shape index (κ1) is 79.1. The lowest BCUT2D eigenvalue weighted by molar-refractivity contribution is -0.161. The first-order chi connectivity index (χ1) is 39.1. The quantitative estimate of drug-likeness (QED) is 0.0222. The van der Waals surface area contributed by atoms with Gasteiger partial charge in [-0.2, -0.15) is 0 Å². The number of phosphoric acid groups is 2. The number of hydrogen-bond acceptors (Lipinski definition) is 15. The molecule has 0 aromatic carbocycles. The molecule has 81 heavy (non-hydrogen) atoms. The Morgan fingerprint density at radius 1 is 0.346 bits per heavy atom. The summed E-state index contributed by atoms with van der Waals surface area (Å²) in [5, 5.41) is 10.5. The fourth-order valence-corrected chi connectivity index (χ4v) is 10.8. The van der Waals surface area contributed by atoms with Crippen LogP contribution in [0.1, 0.15) is 311 Å². The van der Waals surface area contributed by atoms with Crippen molar-refractivity contribution in [2.45, 2.75) is 329 Å². The number of aliphatic hydroxyl groups is 1. The smallest absolute Gasteiger partial charge is 0.462 e. The maximum Gasteiger partial charge on any atom is 0.472 e. The van der Waals surface area contributed by atoms with Gasteiger partial charge in [-0.3, -0.25) is 37.3 Å². The lowest BCUT2D eigenvalue weighted by atomic mass is 9.99. The van der Waals surface area contributed by atoms with Gasteiger partial charge in [0.2, 0.25) is 0 Å². The molecular weight excluding hydrogens is 1080 g/mol. The maximum atomic E-state index is 12.9. The average Bonchev–Trinajstić information content (AvgIpc) is 3.44. The molecule has 0 aromatic rings. The number of ether oxygens (including phenoxy) is 4. The first-order valence-corrected chi connectivity index (χ1v) is 35.7. The predicted octanol–water partition coefficient (Wildman–Crippen LogP) is 17.0.